The molecule has 5 heterocycles. The van der Waals surface area contributed by atoms with Crippen LogP contribution in [0.5, 0.6) is 6.01 Å². The summed E-state index contributed by atoms with van der Waals surface area (Å²) in [5.41, 5.74) is 1.65. The first-order valence-corrected chi connectivity index (χ1v) is 14.7. The third kappa shape index (κ3) is 6.17. The second-order valence-corrected chi connectivity index (χ2v) is 13.0. The maximum absolute atomic E-state index is 12.4. The van der Waals surface area contributed by atoms with Crippen LogP contribution < -0.4 is 10.1 Å². The van der Waals surface area contributed by atoms with Crippen molar-refractivity contribution in [3.05, 3.63) is 36.4 Å². The molecule has 0 radical (unpaired) electrons. The molecular weight excluding hydrogens is 530 g/mol. The molecule has 3 aliphatic rings. The highest BCUT2D eigenvalue weighted by atomic mass is 32.1. The van der Waals surface area contributed by atoms with Gasteiger partial charge in [0.15, 0.2) is 5.13 Å². The van der Waals surface area contributed by atoms with Gasteiger partial charge in [0.1, 0.15) is 11.7 Å². The molecule has 1 amide bonds. The molecule has 1 unspecified atom stereocenters. The van der Waals surface area contributed by atoms with E-state index in [2.05, 4.69) is 30.2 Å². The van der Waals surface area contributed by atoms with Crippen molar-refractivity contribution in [1.82, 2.24) is 29.8 Å². The number of aromatic nitrogens is 5. The summed E-state index contributed by atoms with van der Waals surface area (Å²) in [7, 11) is 0. The fraction of sp³-hybridized carbons (Fsp3) is 0.571. The van der Waals surface area contributed by atoms with Crippen LogP contribution in [0.4, 0.5) is 15.9 Å². The molecule has 2 saturated heterocycles. The molecule has 0 bridgehead atoms. The number of hydrogen-bond acceptors (Lipinski definition) is 11. The molecule has 0 aromatic carbocycles. The van der Waals surface area contributed by atoms with Crippen LogP contribution in [-0.4, -0.2) is 73.9 Å². The number of hydrogen-bond donors (Lipinski definition) is 1. The third-order valence-electron chi connectivity index (χ3n) is 7.68. The van der Waals surface area contributed by atoms with E-state index in [1.165, 1.54) is 11.3 Å². The fourth-order valence-corrected chi connectivity index (χ4v) is 6.15. The molecule has 3 aromatic heterocycles. The van der Waals surface area contributed by atoms with Gasteiger partial charge in [0.25, 0.3) is 0 Å². The van der Waals surface area contributed by atoms with Crippen molar-refractivity contribution >= 4 is 28.5 Å². The Morgan fingerprint density at radius 2 is 1.88 bits per heavy atom. The Bertz CT molecular complexity index is 1330. The number of anilines is 2. The van der Waals surface area contributed by atoms with E-state index < -0.39 is 5.60 Å². The van der Waals surface area contributed by atoms with Gasteiger partial charge in [-0.3, -0.25) is 0 Å². The van der Waals surface area contributed by atoms with E-state index in [4.69, 9.17) is 14.2 Å². The molecule has 212 valence electrons. The van der Waals surface area contributed by atoms with Gasteiger partial charge >= 0.3 is 12.1 Å². The van der Waals surface area contributed by atoms with Gasteiger partial charge in [-0.25, -0.2) is 24.7 Å². The Balaban J connectivity index is 1.03. The SMILES string of the molecule is CC(C)(C)OC(=O)N1CCC(c2cnc(Nc3ncc(-c4ccnc(OC5CCC6(CC5)COC6)n4)s3)nc2)C1. The Labute approximate surface area is 237 Å². The van der Waals surface area contributed by atoms with Crippen LogP contribution in [-0.2, 0) is 9.47 Å². The molecule has 1 atom stereocenters. The maximum atomic E-state index is 12.4. The monoisotopic (exact) mass is 565 g/mol. The molecule has 40 heavy (non-hydrogen) atoms. The van der Waals surface area contributed by atoms with Gasteiger partial charge in [-0.05, 0) is 64.5 Å². The lowest BCUT2D eigenvalue weighted by Crippen LogP contribution is -2.46. The average Bonchev–Trinajstić information content (AvgIpc) is 3.59. The van der Waals surface area contributed by atoms with Crippen molar-refractivity contribution in [1.29, 1.82) is 0 Å². The second-order valence-electron chi connectivity index (χ2n) is 11.9. The lowest BCUT2D eigenvalue weighted by Gasteiger charge is -2.45. The summed E-state index contributed by atoms with van der Waals surface area (Å²) in [5.74, 6) is 0.648. The summed E-state index contributed by atoms with van der Waals surface area (Å²) in [6.07, 6.45) is 12.1. The van der Waals surface area contributed by atoms with Gasteiger partial charge in [-0.15, -0.1) is 0 Å². The van der Waals surface area contributed by atoms with E-state index in [9.17, 15) is 4.79 Å². The zero-order valence-electron chi connectivity index (χ0n) is 23.1. The Morgan fingerprint density at radius 3 is 2.58 bits per heavy atom. The Kier molecular flexibility index (Phi) is 7.30. The quantitative estimate of drug-likeness (QED) is 0.427. The number of nitrogens with zero attached hydrogens (tertiary/aromatic N) is 6. The van der Waals surface area contributed by atoms with Crippen LogP contribution in [0.2, 0.25) is 0 Å². The summed E-state index contributed by atoms with van der Waals surface area (Å²) in [4.78, 5) is 37.5. The van der Waals surface area contributed by atoms with Crippen molar-refractivity contribution in [2.24, 2.45) is 5.41 Å². The summed E-state index contributed by atoms with van der Waals surface area (Å²) in [6.45, 7) is 8.66. The van der Waals surface area contributed by atoms with Crippen LogP contribution in [0.3, 0.4) is 0 Å². The number of rotatable bonds is 6. The fourth-order valence-electron chi connectivity index (χ4n) is 5.37. The minimum absolute atomic E-state index is 0.143. The van der Waals surface area contributed by atoms with Crippen LogP contribution in [0, 0.1) is 5.41 Å². The van der Waals surface area contributed by atoms with Crippen molar-refractivity contribution < 1.29 is 19.0 Å². The first kappa shape index (κ1) is 26.8. The molecule has 1 aliphatic carbocycles. The smallest absolute Gasteiger partial charge is 0.410 e. The van der Waals surface area contributed by atoms with Crippen molar-refractivity contribution in [3.63, 3.8) is 0 Å². The molecule has 11 nitrogen and oxygen atoms in total. The number of likely N-dealkylation sites (tertiary alicyclic amines) is 1. The normalized spacial score (nSPS) is 20.8. The first-order valence-electron chi connectivity index (χ1n) is 13.8. The molecule has 3 fully saturated rings. The Hall–Kier alpha value is -3.38. The predicted molar refractivity (Wildman–Crippen MR) is 150 cm³/mol. The number of amides is 1. The van der Waals surface area contributed by atoms with Crippen LogP contribution in [0.25, 0.3) is 10.6 Å². The Morgan fingerprint density at radius 1 is 1.10 bits per heavy atom. The van der Waals surface area contributed by atoms with Gasteiger partial charge in [0.2, 0.25) is 5.95 Å². The number of nitrogens with one attached hydrogen (secondary N) is 1. The van der Waals surface area contributed by atoms with E-state index in [1.54, 1.807) is 17.3 Å². The highest BCUT2D eigenvalue weighted by Gasteiger charge is 2.42. The van der Waals surface area contributed by atoms with E-state index in [0.717, 1.165) is 61.5 Å². The van der Waals surface area contributed by atoms with Gasteiger partial charge in [-0.2, -0.15) is 4.98 Å². The molecular formula is C28H35N7O4S. The molecule has 1 saturated carbocycles. The number of carbonyl (C=O) groups is 1. The van der Waals surface area contributed by atoms with E-state index in [0.29, 0.717) is 35.6 Å². The molecule has 12 heteroatoms. The zero-order chi connectivity index (χ0) is 27.7. The highest BCUT2D eigenvalue weighted by Crippen LogP contribution is 2.43. The average molecular weight is 566 g/mol. The molecule has 1 spiro atoms. The summed E-state index contributed by atoms with van der Waals surface area (Å²) >= 11 is 1.46. The summed E-state index contributed by atoms with van der Waals surface area (Å²) in [5, 5.41) is 3.85. The van der Waals surface area contributed by atoms with Gasteiger partial charge in [-0.1, -0.05) is 11.3 Å². The van der Waals surface area contributed by atoms with Crippen LogP contribution in [0.15, 0.2) is 30.9 Å². The largest absolute Gasteiger partial charge is 0.460 e. The third-order valence-corrected chi connectivity index (χ3v) is 8.61. The van der Waals surface area contributed by atoms with Gasteiger partial charge in [0.05, 0.1) is 23.8 Å². The van der Waals surface area contributed by atoms with Gasteiger partial charge < -0.3 is 24.4 Å². The summed E-state index contributed by atoms with van der Waals surface area (Å²) < 4.78 is 17.1. The molecule has 1 N–H and O–H groups in total. The predicted octanol–water partition coefficient (Wildman–Crippen LogP) is 5.20. The lowest BCUT2D eigenvalue weighted by molar-refractivity contribution is -0.140. The first-order chi connectivity index (χ1) is 19.2. The number of ether oxygens (including phenoxy) is 3. The van der Waals surface area contributed by atoms with E-state index in [1.807, 2.05) is 39.2 Å². The van der Waals surface area contributed by atoms with E-state index >= 15 is 0 Å². The molecule has 3 aromatic rings. The number of carbonyl (C=O) groups excluding carboxylic acids is 1. The highest BCUT2D eigenvalue weighted by molar-refractivity contribution is 7.18. The minimum Gasteiger partial charge on any atom is -0.460 e. The standard InChI is InChI=1S/C28H35N7O4S/c1-27(2,3)39-26(36)35-11-7-18(15-35)19-12-30-23(31-13-19)34-25-32-14-22(40-25)21-6-10-29-24(33-21)38-20-4-8-28(9-5-20)16-37-17-28/h6,10,12-14,18,20H,4-5,7-9,11,15-17H2,1-3H3,(H,30,31,32,34). The summed E-state index contributed by atoms with van der Waals surface area (Å²) in [6, 6.07) is 2.27. The minimum atomic E-state index is -0.505. The van der Waals surface area contributed by atoms with Crippen molar-refractivity contribution in [3.8, 4) is 16.6 Å². The number of thiazole rings is 1. The van der Waals surface area contributed by atoms with Gasteiger partial charge in [0, 0.05) is 49.2 Å². The maximum Gasteiger partial charge on any atom is 0.410 e. The molecule has 6 rings (SSSR count). The molecule has 2 aliphatic heterocycles. The lowest BCUT2D eigenvalue weighted by atomic mass is 9.72. The zero-order valence-corrected chi connectivity index (χ0v) is 23.9. The van der Waals surface area contributed by atoms with Crippen molar-refractivity contribution in [2.45, 2.75) is 70.5 Å². The topological polar surface area (TPSA) is 124 Å². The van der Waals surface area contributed by atoms with Crippen LogP contribution in [0.1, 0.15) is 64.4 Å². The van der Waals surface area contributed by atoms with Crippen molar-refractivity contribution in [2.75, 3.05) is 31.6 Å². The van der Waals surface area contributed by atoms with Crippen LogP contribution >= 0.6 is 11.3 Å². The van der Waals surface area contributed by atoms with E-state index in [-0.39, 0.29) is 18.1 Å². The second kappa shape index (κ2) is 10.9.